The lowest BCUT2D eigenvalue weighted by atomic mass is 9.78. The molecular weight excluding hydrogens is 386 g/mol. The standard InChI is InChI=1S/C26H25N3O2/c1-17-5-4-6-19(15-17)24-23(25(30)28-16-18-11-13-27-14-12-18)21-7-2-3-8-22(21)26(31)29(24)20-9-10-20/h2-8,11-15,20,23-24H,9-10,16H2,1H3,(H,28,30)/t23-,24-/m0/s1. The van der Waals surface area contributed by atoms with Gasteiger partial charge >= 0.3 is 0 Å². The molecule has 0 radical (unpaired) electrons. The molecule has 2 heterocycles. The molecule has 2 atom stereocenters. The van der Waals surface area contributed by atoms with E-state index in [1.54, 1.807) is 12.4 Å². The second-order valence-electron chi connectivity index (χ2n) is 8.44. The van der Waals surface area contributed by atoms with E-state index in [0.29, 0.717) is 12.1 Å². The van der Waals surface area contributed by atoms with Crippen molar-refractivity contribution in [1.29, 1.82) is 0 Å². The molecule has 156 valence electrons. The SMILES string of the molecule is Cc1cccc([C@H]2[C@@H](C(=O)NCc3ccncc3)c3ccccc3C(=O)N2C2CC2)c1. The number of carbonyl (C=O) groups excluding carboxylic acids is 2. The third-order valence-corrected chi connectivity index (χ3v) is 6.20. The van der Waals surface area contributed by atoms with E-state index in [1.807, 2.05) is 66.4 Å². The highest BCUT2D eigenvalue weighted by Gasteiger charge is 2.48. The topological polar surface area (TPSA) is 62.3 Å². The molecule has 5 heteroatoms. The lowest BCUT2D eigenvalue weighted by Gasteiger charge is -2.42. The third-order valence-electron chi connectivity index (χ3n) is 6.20. The van der Waals surface area contributed by atoms with Crippen LogP contribution in [0.5, 0.6) is 0 Å². The summed E-state index contributed by atoms with van der Waals surface area (Å²) in [6.45, 7) is 2.47. The fraction of sp³-hybridized carbons (Fsp3) is 0.269. The van der Waals surface area contributed by atoms with Gasteiger partial charge in [-0.25, -0.2) is 0 Å². The number of aryl methyl sites for hydroxylation is 1. The van der Waals surface area contributed by atoms with Crippen molar-refractivity contribution in [3.63, 3.8) is 0 Å². The van der Waals surface area contributed by atoms with Crippen LogP contribution in [0, 0.1) is 6.92 Å². The van der Waals surface area contributed by atoms with Crippen molar-refractivity contribution in [2.75, 3.05) is 0 Å². The van der Waals surface area contributed by atoms with Crippen LogP contribution in [-0.4, -0.2) is 27.7 Å². The van der Waals surface area contributed by atoms with E-state index in [4.69, 9.17) is 0 Å². The number of amides is 2. The quantitative estimate of drug-likeness (QED) is 0.686. The Hall–Kier alpha value is -3.47. The van der Waals surface area contributed by atoms with E-state index in [-0.39, 0.29) is 23.9 Å². The number of hydrogen-bond donors (Lipinski definition) is 1. The molecule has 5 rings (SSSR count). The molecule has 2 aromatic carbocycles. The number of aromatic nitrogens is 1. The van der Waals surface area contributed by atoms with Crippen LogP contribution in [0.4, 0.5) is 0 Å². The minimum absolute atomic E-state index is 0.0304. The van der Waals surface area contributed by atoms with Crippen molar-refractivity contribution in [3.05, 3.63) is 101 Å². The first kappa shape index (κ1) is 19.5. The Morgan fingerprint density at radius 1 is 1.06 bits per heavy atom. The normalized spacial score (nSPS) is 20.3. The maximum atomic E-state index is 13.6. The van der Waals surface area contributed by atoms with Gasteiger partial charge in [-0.3, -0.25) is 14.6 Å². The van der Waals surface area contributed by atoms with Crippen LogP contribution in [0.15, 0.2) is 73.1 Å². The van der Waals surface area contributed by atoms with Gasteiger partial charge in [-0.2, -0.15) is 0 Å². The second kappa shape index (κ2) is 7.99. The first-order valence-corrected chi connectivity index (χ1v) is 10.8. The number of hydrogen-bond acceptors (Lipinski definition) is 3. The van der Waals surface area contributed by atoms with E-state index >= 15 is 0 Å². The van der Waals surface area contributed by atoms with Crippen molar-refractivity contribution in [2.24, 2.45) is 0 Å². The zero-order chi connectivity index (χ0) is 21.4. The molecule has 0 unspecified atom stereocenters. The summed E-state index contributed by atoms with van der Waals surface area (Å²) in [4.78, 5) is 33.1. The number of pyridine rings is 1. The van der Waals surface area contributed by atoms with Crippen LogP contribution >= 0.6 is 0 Å². The van der Waals surface area contributed by atoms with Gasteiger partial charge in [0.2, 0.25) is 5.91 Å². The minimum atomic E-state index is -0.460. The van der Waals surface area contributed by atoms with Gasteiger partial charge in [-0.15, -0.1) is 0 Å². The van der Waals surface area contributed by atoms with E-state index < -0.39 is 5.92 Å². The Bertz CT molecular complexity index is 1120. The zero-order valence-corrected chi connectivity index (χ0v) is 17.5. The predicted molar refractivity (Wildman–Crippen MR) is 118 cm³/mol. The number of benzene rings is 2. The van der Waals surface area contributed by atoms with E-state index in [0.717, 1.165) is 35.1 Å². The highest BCUT2D eigenvalue weighted by atomic mass is 16.2. The van der Waals surface area contributed by atoms with Crippen LogP contribution < -0.4 is 5.32 Å². The summed E-state index contributed by atoms with van der Waals surface area (Å²) in [6.07, 6.45) is 5.42. The molecule has 3 aromatic rings. The summed E-state index contributed by atoms with van der Waals surface area (Å²) in [5.41, 5.74) is 4.58. The molecule has 1 saturated carbocycles. The summed E-state index contributed by atoms with van der Waals surface area (Å²) >= 11 is 0. The molecule has 1 N–H and O–H groups in total. The van der Waals surface area contributed by atoms with Crippen LogP contribution in [0.25, 0.3) is 0 Å². The Morgan fingerprint density at radius 2 is 1.84 bits per heavy atom. The molecule has 31 heavy (non-hydrogen) atoms. The van der Waals surface area contributed by atoms with Gasteiger partial charge < -0.3 is 10.2 Å². The van der Waals surface area contributed by atoms with Crippen LogP contribution in [0.2, 0.25) is 0 Å². The average Bonchev–Trinajstić information content (AvgIpc) is 3.63. The molecule has 0 bridgehead atoms. The maximum Gasteiger partial charge on any atom is 0.254 e. The van der Waals surface area contributed by atoms with E-state index in [1.165, 1.54) is 0 Å². The van der Waals surface area contributed by atoms with Crippen molar-refractivity contribution >= 4 is 11.8 Å². The summed E-state index contributed by atoms with van der Waals surface area (Å²) in [5.74, 6) is -0.491. The van der Waals surface area contributed by atoms with Gasteiger partial charge in [0.05, 0.1) is 12.0 Å². The highest BCUT2D eigenvalue weighted by molar-refractivity contribution is 6.01. The van der Waals surface area contributed by atoms with Crippen molar-refractivity contribution < 1.29 is 9.59 Å². The summed E-state index contributed by atoms with van der Waals surface area (Å²) in [5, 5.41) is 3.11. The van der Waals surface area contributed by atoms with Gasteiger partial charge in [0.15, 0.2) is 0 Å². The van der Waals surface area contributed by atoms with Gasteiger partial charge in [-0.05, 0) is 54.7 Å². The Kier molecular flexibility index (Phi) is 5.02. The lowest BCUT2D eigenvalue weighted by molar-refractivity contribution is -0.124. The monoisotopic (exact) mass is 411 g/mol. The molecule has 1 aliphatic heterocycles. The fourth-order valence-corrected chi connectivity index (χ4v) is 4.60. The molecule has 5 nitrogen and oxygen atoms in total. The second-order valence-corrected chi connectivity index (χ2v) is 8.44. The lowest BCUT2D eigenvalue weighted by Crippen LogP contribution is -2.48. The maximum absolute atomic E-state index is 13.6. The molecule has 1 fully saturated rings. The first-order valence-electron chi connectivity index (χ1n) is 10.8. The summed E-state index contributed by atoms with van der Waals surface area (Å²) in [6, 6.07) is 19.4. The Labute approximate surface area is 182 Å². The number of nitrogens with zero attached hydrogens (tertiary/aromatic N) is 2. The van der Waals surface area contributed by atoms with Crippen molar-refractivity contribution in [3.8, 4) is 0 Å². The molecule has 0 saturated heterocycles. The van der Waals surface area contributed by atoms with Crippen LogP contribution in [0.3, 0.4) is 0 Å². The molecule has 0 spiro atoms. The third kappa shape index (κ3) is 3.72. The predicted octanol–water partition coefficient (Wildman–Crippen LogP) is 4.15. The molecular formula is C26H25N3O2. The molecule has 1 aliphatic carbocycles. The zero-order valence-electron chi connectivity index (χ0n) is 17.5. The van der Waals surface area contributed by atoms with Gasteiger partial charge in [-0.1, -0.05) is 48.0 Å². The number of fused-ring (bicyclic) bond motifs is 1. The largest absolute Gasteiger partial charge is 0.351 e. The van der Waals surface area contributed by atoms with Gasteiger partial charge in [0.1, 0.15) is 0 Å². The Morgan fingerprint density at radius 3 is 2.58 bits per heavy atom. The summed E-state index contributed by atoms with van der Waals surface area (Å²) in [7, 11) is 0. The molecule has 2 amide bonds. The average molecular weight is 412 g/mol. The first-order chi connectivity index (χ1) is 15.1. The number of nitrogens with one attached hydrogen (secondary N) is 1. The summed E-state index contributed by atoms with van der Waals surface area (Å²) < 4.78 is 0. The van der Waals surface area contributed by atoms with Crippen molar-refractivity contribution in [2.45, 2.75) is 44.3 Å². The van der Waals surface area contributed by atoms with Crippen LogP contribution in [-0.2, 0) is 11.3 Å². The highest BCUT2D eigenvalue weighted by Crippen LogP contribution is 2.47. The smallest absolute Gasteiger partial charge is 0.254 e. The molecule has 2 aliphatic rings. The Balaban J connectivity index is 1.58. The van der Waals surface area contributed by atoms with Crippen LogP contribution in [0.1, 0.15) is 57.4 Å². The number of rotatable bonds is 5. The fourth-order valence-electron chi connectivity index (χ4n) is 4.60. The van der Waals surface area contributed by atoms with E-state index in [9.17, 15) is 9.59 Å². The van der Waals surface area contributed by atoms with E-state index in [2.05, 4.69) is 16.4 Å². The molecule has 1 aromatic heterocycles. The van der Waals surface area contributed by atoms with Crippen molar-refractivity contribution in [1.82, 2.24) is 15.2 Å². The number of carbonyl (C=O) groups is 2. The van der Waals surface area contributed by atoms with Gasteiger partial charge in [0.25, 0.3) is 5.91 Å². The minimum Gasteiger partial charge on any atom is -0.351 e. The van der Waals surface area contributed by atoms with Gasteiger partial charge in [0, 0.05) is 30.5 Å².